The molecule has 3 nitrogen and oxygen atoms in total. The Hall–Kier alpha value is -0.910. The molecule has 0 saturated carbocycles. The topological polar surface area (TPSA) is 28.2 Å². The third kappa shape index (κ3) is 3.59. The van der Waals surface area contributed by atoms with Gasteiger partial charge in [0, 0.05) is 29.4 Å². The van der Waals surface area contributed by atoms with Crippen LogP contribution in [-0.4, -0.2) is 18.1 Å². The van der Waals surface area contributed by atoms with E-state index in [4.69, 9.17) is 4.98 Å². The molecule has 0 aliphatic carbocycles. The minimum absolute atomic E-state index is 0.367. The monoisotopic (exact) mass is 309 g/mol. The molecule has 2 aromatic rings. The quantitative estimate of drug-likeness (QED) is 0.866. The second kappa shape index (κ2) is 6.70. The second-order valence-corrected chi connectivity index (χ2v) is 7.38. The summed E-state index contributed by atoms with van der Waals surface area (Å²) in [5.41, 5.74) is 1.14. The largest absolute Gasteiger partial charge is 0.344 e. The molecule has 20 heavy (non-hydrogen) atoms. The number of aromatic nitrogens is 1. The zero-order valence-electron chi connectivity index (χ0n) is 12.8. The molecular weight excluding hydrogens is 286 g/mol. The molecule has 1 N–H and O–H groups in total. The van der Waals surface area contributed by atoms with Crippen LogP contribution in [0.1, 0.15) is 42.3 Å². The zero-order chi connectivity index (χ0) is 14.7. The zero-order valence-corrected chi connectivity index (χ0v) is 14.4. The summed E-state index contributed by atoms with van der Waals surface area (Å²) < 4.78 is 0. The molecule has 110 valence electrons. The van der Waals surface area contributed by atoms with E-state index in [1.54, 1.807) is 22.7 Å². The predicted octanol–water partition coefficient (Wildman–Crippen LogP) is 4.21. The number of thiophene rings is 1. The van der Waals surface area contributed by atoms with Crippen molar-refractivity contribution in [1.82, 2.24) is 10.3 Å². The van der Waals surface area contributed by atoms with Gasteiger partial charge in [-0.1, -0.05) is 19.9 Å². The Morgan fingerprint density at radius 3 is 2.70 bits per heavy atom. The van der Waals surface area contributed by atoms with Crippen molar-refractivity contribution in [3.63, 3.8) is 0 Å². The van der Waals surface area contributed by atoms with Crippen LogP contribution in [0.4, 0.5) is 5.13 Å². The first-order valence-corrected chi connectivity index (χ1v) is 8.64. The highest BCUT2D eigenvalue weighted by Crippen LogP contribution is 2.32. The third-order valence-electron chi connectivity index (χ3n) is 3.39. The smallest absolute Gasteiger partial charge is 0.186 e. The maximum absolute atomic E-state index is 4.73. The van der Waals surface area contributed by atoms with Crippen LogP contribution in [-0.2, 0) is 6.54 Å². The van der Waals surface area contributed by atoms with E-state index >= 15 is 0 Å². The van der Waals surface area contributed by atoms with Crippen LogP contribution in [0.15, 0.2) is 17.5 Å². The number of thiazole rings is 1. The Kier molecular flexibility index (Phi) is 5.18. The average molecular weight is 310 g/mol. The van der Waals surface area contributed by atoms with Crippen LogP contribution < -0.4 is 10.2 Å². The molecule has 0 spiro atoms. The summed E-state index contributed by atoms with van der Waals surface area (Å²) in [5.74, 6) is 0. The van der Waals surface area contributed by atoms with Gasteiger partial charge in [-0.25, -0.2) is 4.98 Å². The van der Waals surface area contributed by atoms with Crippen molar-refractivity contribution in [2.75, 3.05) is 11.9 Å². The van der Waals surface area contributed by atoms with Gasteiger partial charge in [0.2, 0.25) is 0 Å². The lowest BCUT2D eigenvalue weighted by Crippen LogP contribution is -2.21. The van der Waals surface area contributed by atoms with Crippen molar-refractivity contribution < 1.29 is 0 Å². The number of aryl methyl sites for hydroxylation is 1. The molecule has 2 aromatic heterocycles. The standard InChI is InChI=1S/C15H23N3S2/c1-10(2)16-9-14-11(3)17-15(20-14)18(5)12(4)13-7-6-8-19-13/h6-8,10,12,16H,9H2,1-5H3. The Bertz CT molecular complexity index is 531. The van der Waals surface area contributed by atoms with Crippen LogP contribution in [0.3, 0.4) is 0 Å². The molecule has 0 amide bonds. The summed E-state index contributed by atoms with van der Waals surface area (Å²) in [5, 5.41) is 6.70. The van der Waals surface area contributed by atoms with E-state index in [1.165, 1.54) is 9.75 Å². The SMILES string of the molecule is Cc1nc(N(C)C(C)c2cccs2)sc1CNC(C)C. The summed E-state index contributed by atoms with van der Waals surface area (Å²) in [7, 11) is 2.13. The number of nitrogens with one attached hydrogen (secondary N) is 1. The van der Waals surface area contributed by atoms with Gasteiger partial charge in [0.15, 0.2) is 5.13 Å². The molecule has 0 saturated heterocycles. The van der Waals surface area contributed by atoms with Crippen LogP contribution >= 0.6 is 22.7 Å². The second-order valence-electron chi connectivity index (χ2n) is 5.34. The Morgan fingerprint density at radius 2 is 2.10 bits per heavy atom. The van der Waals surface area contributed by atoms with Crippen LogP contribution in [0.2, 0.25) is 0 Å². The van der Waals surface area contributed by atoms with Gasteiger partial charge in [0.25, 0.3) is 0 Å². The van der Waals surface area contributed by atoms with Crippen molar-refractivity contribution in [1.29, 1.82) is 0 Å². The molecule has 0 fully saturated rings. The van der Waals surface area contributed by atoms with E-state index < -0.39 is 0 Å². The summed E-state index contributed by atoms with van der Waals surface area (Å²) in [6.45, 7) is 9.57. The van der Waals surface area contributed by atoms with Crippen LogP contribution in [0.25, 0.3) is 0 Å². The van der Waals surface area contributed by atoms with Gasteiger partial charge >= 0.3 is 0 Å². The van der Waals surface area contributed by atoms with E-state index in [0.717, 1.165) is 17.4 Å². The minimum atomic E-state index is 0.367. The fraction of sp³-hybridized carbons (Fsp3) is 0.533. The van der Waals surface area contributed by atoms with Crippen molar-refractivity contribution in [3.05, 3.63) is 33.0 Å². The van der Waals surface area contributed by atoms with Gasteiger partial charge in [-0.05, 0) is 25.3 Å². The van der Waals surface area contributed by atoms with Crippen LogP contribution in [0, 0.1) is 6.92 Å². The van der Waals surface area contributed by atoms with Gasteiger partial charge in [0.05, 0.1) is 11.7 Å². The van der Waals surface area contributed by atoms with Crippen molar-refractivity contribution in [3.8, 4) is 0 Å². The van der Waals surface area contributed by atoms with Gasteiger partial charge < -0.3 is 10.2 Å². The highest BCUT2D eigenvalue weighted by atomic mass is 32.1. The maximum atomic E-state index is 4.73. The normalized spacial score (nSPS) is 12.9. The third-order valence-corrected chi connectivity index (χ3v) is 5.68. The fourth-order valence-corrected chi connectivity index (χ4v) is 3.79. The summed E-state index contributed by atoms with van der Waals surface area (Å²) >= 11 is 3.59. The van der Waals surface area contributed by atoms with Gasteiger partial charge in [0.1, 0.15) is 0 Å². The number of hydrogen-bond acceptors (Lipinski definition) is 5. The average Bonchev–Trinajstić information content (AvgIpc) is 3.04. The lowest BCUT2D eigenvalue weighted by molar-refractivity contribution is 0.591. The first-order chi connectivity index (χ1) is 9.49. The molecule has 0 aliphatic heterocycles. The van der Waals surface area contributed by atoms with Gasteiger partial charge in [-0.15, -0.1) is 22.7 Å². The molecule has 1 unspecified atom stereocenters. The Balaban J connectivity index is 2.10. The minimum Gasteiger partial charge on any atom is -0.344 e. The highest BCUT2D eigenvalue weighted by Gasteiger charge is 2.17. The summed E-state index contributed by atoms with van der Waals surface area (Å²) in [4.78, 5) is 9.70. The molecule has 1 atom stereocenters. The Morgan fingerprint density at radius 1 is 1.35 bits per heavy atom. The molecule has 0 aliphatic rings. The van der Waals surface area contributed by atoms with E-state index in [0.29, 0.717) is 12.1 Å². The van der Waals surface area contributed by atoms with Crippen molar-refractivity contribution >= 4 is 27.8 Å². The number of rotatable bonds is 6. The summed E-state index contributed by atoms with van der Waals surface area (Å²) in [6, 6.07) is 5.16. The van der Waals surface area contributed by atoms with Gasteiger partial charge in [-0.3, -0.25) is 0 Å². The molecule has 0 aromatic carbocycles. The first kappa shape index (κ1) is 15.5. The van der Waals surface area contributed by atoms with Crippen LogP contribution in [0.5, 0.6) is 0 Å². The van der Waals surface area contributed by atoms with E-state index in [9.17, 15) is 0 Å². The lowest BCUT2D eigenvalue weighted by atomic mass is 10.2. The highest BCUT2D eigenvalue weighted by molar-refractivity contribution is 7.15. The molecular formula is C15H23N3S2. The molecule has 0 radical (unpaired) electrons. The number of anilines is 1. The lowest BCUT2D eigenvalue weighted by Gasteiger charge is -2.23. The summed E-state index contributed by atoms with van der Waals surface area (Å²) in [6.07, 6.45) is 0. The molecule has 2 rings (SSSR count). The van der Waals surface area contributed by atoms with E-state index in [-0.39, 0.29) is 0 Å². The fourth-order valence-electron chi connectivity index (χ4n) is 1.91. The number of hydrogen-bond donors (Lipinski definition) is 1. The van der Waals surface area contributed by atoms with E-state index in [1.807, 2.05) is 0 Å². The van der Waals surface area contributed by atoms with E-state index in [2.05, 4.69) is 62.5 Å². The molecule has 0 bridgehead atoms. The maximum Gasteiger partial charge on any atom is 0.186 e. The van der Waals surface area contributed by atoms with Crippen molar-refractivity contribution in [2.45, 2.75) is 46.3 Å². The first-order valence-electron chi connectivity index (χ1n) is 6.95. The van der Waals surface area contributed by atoms with Crippen molar-refractivity contribution in [2.24, 2.45) is 0 Å². The predicted molar refractivity (Wildman–Crippen MR) is 90.0 cm³/mol. The Labute approximate surface area is 129 Å². The molecule has 2 heterocycles. The number of nitrogens with zero attached hydrogens (tertiary/aromatic N) is 2. The van der Waals surface area contributed by atoms with Gasteiger partial charge in [-0.2, -0.15) is 0 Å². The molecule has 5 heteroatoms.